The van der Waals surface area contributed by atoms with Crippen molar-refractivity contribution in [2.75, 3.05) is 30.5 Å². The van der Waals surface area contributed by atoms with Crippen molar-refractivity contribution < 1.29 is 13.2 Å². The van der Waals surface area contributed by atoms with Gasteiger partial charge in [-0.2, -0.15) is 4.98 Å². The number of hydrogen-bond acceptors (Lipinski definition) is 7. The van der Waals surface area contributed by atoms with Crippen molar-refractivity contribution in [3.8, 4) is 11.6 Å². The van der Waals surface area contributed by atoms with Crippen molar-refractivity contribution in [1.29, 1.82) is 0 Å². The summed E-state index contributed by atoms with van der Waals surface area (Å²) in [6, 6.07) is 10.1. The van der Waals surface area contributed by atoms with Crippen molar-refractivity contribution in [2.45, 2.75) is 38.1 Å². The summed E-state index contributed by atoms with van der Waals surface area (Å²) in [5.41, 5.74) is 6.77. The summed E-state index contributed by atoms with van der Waals surface area (Å²) >= 11 is 0. The molecule has 0 bridgehead atoms. The van der Waals surface area contributed by atoms with Gasteiger partial charge in [-0.05, 0) is 68.8 Å². The largest absolute Gasteiger partial charge is 0.493 e. The van der Waals surface area contributed by atoms with Crippen LogP contribution in [0.5, 0.6) is 5.75 Å². The summed E-state index contributed by atoms with van der Waals surface area (Å²) in [5, 5.41) is 4.44. The van der Waals surface area contributed by atoms with E-state index in [2.05, 4.69) is 10.3 Å². The van der Waals surface area contributed by atoms with Gasteiger partial charge in [-0.1, -0.05) is 6.07 Å². The van der Waals surface area contributed by atoms with E-state index in [0.717, 1.165) is 54.7 Å². The Morgan fingerprint density at radius 2 is 2.00 bits per heavy atom. The highest BCUT2D eigenvalue weighted by atomic mass is 32.2. The summed E-state index contributed by atoms with van der Waals surface area (Å²) < 4.78 is 30.5. The number of hydrogen-bond donors (Lipinski definition) is 2. The van der Waals surface area contributed by atoms with E-state index in [1.165, 1.54) is 6.26 Å². The fourth-order valence-corrected chi connectivity index (χ4v) is 4.89. The molecule has 0 unspecified atom stereocenters. The molecular formula is C23H31N5O3S. The van der Waals surface area contributed by atoms with E-state index < -0.39 is 9.84 Å². The minimum absolute atomic E-state index is 0.120. The molecule has 1 aromatic carbocycles. The monoisotopic (exact) mass is 457 g/mol. The first-order valence-electron chi connectivity index (χ1n) is 11.1. The maximum absolute atomic E-state index is 11.3. The lowest BCUT2D eigenvalue weighted by Crippen LogP contribution is -2.29. The highest BCUT2D eigenvalue weighted by molar-refractivity contribution is 7.90. The van der Waals surface area contributed by atoms with Crippen LogP contribution in [0.15, 0.2) is 42.7 Å². The normalized spacial score (nSPS) is 19.2. The number of fused-ring (bicyclic) bond motifs is 1. The molecule has 3 aromatic rings. The average molecular weight is 458 g/mol. The van der Waals surface area contributed by atoms with Gasteiger partial charge < -0.3 is 20.4 Å². The first kappa shape index (κ1) is 22.5. The molecular weight excluding hydrogens is 426 g/mol. The molecule has 0 aliphatic heterocycles. The van der Waals surface area contributed by atoms with Crippen molar-refractivity contribution in [3.05, 3.63) is 42.7 Å². The maximum Gasteiger partial charge on any atom is 0.224 e. The molecule has 0 saturated heterocycles. The standard InChI is InChI=1S/C23H31N5O3S/c1-32(29,30)15-3-14-31-21-5-2-4-20-19(21)11-13-28(20)22-10-12-25-23(27-22)26-18-8-6-17(16-24)7-9-18/h2,4-5,10-13,17-18H,3,6-9,14-16,24H2,1H3,(H,25,26,27)/t17-,18-. The van der Waals surface area contributed by atoms with E-state index in [1.807, 2.05) is 41.1 Å². The Bertz CT molecular complexity index is 1150. The third kappa shape index (κ3) is 5.58. The molecule has 1 saturated carbocycles. The highest BCUT2D eigenvalue weighted by Gasteiger charge is 2.21. The van der Waals surface area contributed by atoms with Crippen LogP contribution in [0.2, 0.25) is 0 Å². The minimum atomic E-state index is -2.98. The quantitative estimate of drug-likeness (QED) is 0.475. The summed E-state index contributed by atoms with van der Waals surface area (Å²) in [4.78, 5) is 9.16. The predicted octanol–water partition coefficient (Wildman–Crippen LogP) is 3.16. The lowest BCUT2D eigenvalue weighted by Gasteiger charge is -2.28. The number of sulfone groups is 1. The Kier molecular flexibility index (Phi) is 6.95. The van der Waals surface area contributed by atoms with Crippen LogP contribution in [0, 0.1) is 5.92 Å². The van der Waals surface area contributed by atoms with Crippen molar-refractivity contribution in [1.82, 2.24) is 14.5 Å². The second-order valence-corrected chi connectivity index (χ2v) is 10.8. The topological polar surface area (TPSA) is 112 Å². The van der Waals surface area contributed by atoms with E-state index in [-0.39, 0.29) is 5.75 Å². The number of aromatic nitrogens is 3. The molecule has 32 heavy (non-hydrogen) atoms. The number of ether oxygens (including phenoxy) is 1. The molecule has 0 atom stereocenters. The van der Waals surface area contributed by atoms with E-state index in [4.69, 9.17) is 15.5 Å². The Morgan fingerprint density at radius 1 is 1.19 bits per heavy atom. The number of nitrogens with one attached hydrogen (secondary N) is 1. The molecule has 0 amide bonds. The SMILES string of the molecule is CS(=O)(=O)CCCOc1cccc2c1ccn2-c1ccnc(N[C@H]2CC[C@H](CN)CC2)n1. The molecule has 172 valence electrons. The van der Waals surface area contributed by atoms with Crippen LogP contribution >= 0.6 is 0 Å². The molecule has 1 aliphatic carbocycles. The molecule has 8 nitrogen and oxygen atoms in total. The van der Waals surface area contributed by atoms with Gasteiger partial charge in [0.2, 0.25) is 5.95 Å². The Labute approximate surface area is 189 Å². The van der Waals surface area contributed by atoms with Crippen molar-refractivity contribution in [3.63, 3.8) is 0 Å². The molecule has 2 heterocycles. The second-order valence-electron chi connectivity index (χ2n) is 8.54. The van der Waals surface area contributed by atoms with Gasteiger partial charge in [-0.3, -0.25) is 0 Å². The smallest absolute Gasteiger partial charge is 0.224 e. The van der Waals surface area contributed by atoms with E-state index in [0.29, 0.717) is 30.9 Å². The van der Waals surface area contributed by atoms with Gasteiger partial charge >= 0.3 is 0 Å². The zero-order chi connectivity index (χ0) is 22.6. The number of anilines is 1. The van der Waals surface area contributed by atoms with Gasteiger partial charge in [0, 0.05) is 30.1 Å². The fourth-order valence-electron chi connectivity index (χ4n) is 4.25. The van der Waals surface area contributed by atoms with E-state index in [9.17, 15) is 8.42 Å². The maximum atomic E-state index is 11.3. The molecule has 1 aliphatic rings. The molecule has 0 spiro atoms. The number of benzene rings is 1. The predicted molar refractivity (Wildman–Crippen MR) is 127 cm³/mol. The molecule has 0 radical (unpaired) electrons. The third-order valence-electron chi connectivity index (χ3n) is 6.01. The van der Waals surface area contributed by atoms with Crippen molar-refractivity contribution >= 4 is 26.7 Å². The first-order valence-corrected chi connectivity index (χ1v) is 13.2. The lowest BCUT2D eigenvalue weighted by molar-refractivity contribution is 0.321. The lowest BCUT2D eigenvalue weighted by atomic mass is 9.86. The zero-order valence-electron chi connectivity index (χ0n) is 18.4. The number of nitrogens with zero attached hydrogens (tertiary/aromatic N) is 3. The van der Waals surface area contributed by atoms with Crippen LogP contribution in [0.3, 0.4) is 0 Å². The summed E-state index contributed by atoms with van der Waals surface area (Å²) in [6.07, 6.45) is 9.89. The van der Waals surface area contributed by atoms with Crippen LogP contribution in [-0.2, 0) is 9.84 Å². The Morgan fingerprint density at radius 3 is 2.75 bits per heavy atom. The number of nitrogens with two attached hydrogens (primary N) is 1. The summed E-state index contributed by atoms with van der Waals surface area (Å²) in [7, 11) is -2.98. The van der Waals surface area contributed by atoms with E-state index >= 15 is 0 Å². The molecule has 3 N–H and O–H groups in total. The molecule has 4 rings (SSSR count). The van der Waals surface area contributed by atoms with Crippen LogP contribution in [0.25, 0.3) is 16.7 Å². The molecule has 9 heteroatoms. The van der Waals surface area contributed by atoms with Crippen LogP contribution in [-0.4, -0.2) is 54.2 Å². The summed E-state index contributed by atoms with van der Waals surface area (Å²) in [6.45, 7) is 1.12. The van der Waals surface area contributed by atoms with Crippen molar-refractivity contribution in [2.24, 2.45) is 11.7 Å². The number of rotatable bonds is 9. The highest BCUT2D eigenvalue weighted by Crippen LogP contribution is 2.29. The minimum Gasteiger partial charge on any atom is -0.493 e. The van der Waals surface area contributed by atoms with E-state index in [1.54, 1.807) is 6.20 Å². The van der Waals surface area contributed by atoms with Crippen LogP contribution in [0.1, 0.15) is 32.1 Å². The third-order valence-corrected chi connectivity index (χ3v) is 7.04. The second kappa shape index (κ2) is 9.87. The van der Waals surface area contributed by atoms with Gasteiger partial charge in [-0.25, -0.2) is 13.4 Å². The average Bonchev–Trinajstić information content (AvgIpc) is 3.22. The zero-order valence-corrected chi connectivity index (χ0v) is 19.2. The Balaban J connectivity index is 1.47. The first-order chi connectivity index (χ1) is 15.4. The van der Waals surface area contributed by atoms with Gasteiger partial charge in [0.15, 0.2) is 0 Å². The Hall–Kier alpha value is -2.65. The summed E-state index contributed by atoms with van der Waals surface area (Å²) in [5.74, 6) is 2.90. The van der Waals surface area contributed by atoms with Gasteiger partial charge in [0.25, 0.3) is 0 Å². The van der Waals surface area contributed by atoms with Crippen LogP contribution < -0.4 is 15.8 Å². The van der Waals surface area contributed by atoms with Gasteiger partial charge in [0.1, 0.15) is 21.4 Å². The van der Waals surface area contributed by atoms with Gasteiger partial charge in [0.05, 0.1) is 17.9 Å². The molecule has 2 aromatic heterocycles. The molecule has 1 fully saturated rings. The van der Waals surface area contributed by atoms with Gasteiger partial charge in [-0.15, -0.1) is 0 Å². The van der Waals surface area contributed by atoms with Crippen LogP contribution in [0.4, 0.5) is 5.95 Å². The fraction of sp³-hybridized carbons (Fsp3) is 0.478.